The molecule has 1 amide bonds. The van der Waals surface area contributed by atoms with Crippen molar-refractivity contribution in [2.45, 2.75) is 83.8 Å². The van der Waals surface area contributed by atoms with Crippen LogP contribution in [0.4, 0.5) is 0 Å². The Balaban J connectivity index is 1.02. The molecule has 1 unspecified atom stereocenters. The Morgan fingerprint density at radius 1 is 1.13 bits per heavy atom. The molecule has 0 saturated heterocycles. The standard InChI is InChI=1S/C31H43N5O2/c1-4-22(2)38-31-12-8-25-14-17-36(18-15-28(25)33-31)16-13-23-5-9-27(10-6-23)32-30(37)20-24-7-11-29-26(19-24)21-35(3)34-29/h7-8,11-12,19,21-23,27H,4-6,9-10,13-18,20H2,1-3H3,(H,32,37). The number of aryl methyl sites for hydroxylation is 1. The van der Waals surface area contributed by atoms with Gasteiger partial charge >= 0.3 is 0 Å². The molecule has 0 radical (unpaired) electrons. The minimum Gasteiger partial charge on any atom is -0.475 e. The average molecular weight is 518 g/mol. The Morgan fingerprint density at radius 2 is 1.95 bits per heavy atom. The number of amides is 1. The van der Waals surface area contributed by atoms with E-state index in [1.165, 1.54) is 30.5 Å². The van der Waals surface area contributed by atoms with Gasteiger partial charge in [0.25, 0.3) is 0 Å². The Kier molecular flexibility index (Phi) is 8.62. The van der Waals surface area contributed by atoms with Crippen molar-refractivity contribution in [3.8, 4) is 5.88 Å². The summed E-state index contributed by atoms with van der Waals surface area (Å²) in [5, 5.41) is 8.80. The zero-order valence-electron chi connectivity index (χ0n) is 23.3. The van der Waals surface area contributed by atoms with Crippen LogP contribution < -0.4 is 10.1 Å². The van der Waals surface area contributed by atoms with Crippen molar-refractivity contribution in [1.82, 2.24) is 25.0 Å². The van der Waals surface area contributed by atoms with Gasteiger partial charge in [-0.2, -0.15) is 5.10 Å². The highest BCUT2D eigenvalue weighted by atomic mass is 16.5. The fraction of sp³-hybridized carbons (Fsp3) is 0.581. The van der Waals surface area contributed by atoms with Gasteiger partial charge in [0.15, 0.2) is 0 Å². The molecule has 2 aliphatic rings. The lowest BCUT2D eigenvalue weighted by Gasteiger charge is -2.30. The van der Waals surface area contributed by atoms with Crippen LogP contribution >= 0.6 is 0 Å². The molecule has 0 bridgehead atoms. The molecule has 1 aromatic carbocycles. The van der Waals surface area contributed by atoms with Crippen LogP contribution in [0.2, 0.25) is 0 Å². The van der Waals surface area contributed by atoms with Gasteiger partial charge in [-0.3, -0.25) is 9.48 Å². The Morgan fingerprint density at radius 3 is 2.76 bits per heavy atom. The van der Waals surface area contributed by atoms with Crippen molar-refractivity contribution in [2.24, 2.45) is 13.0 Å². The minimum absolute atomic E-state index is 0.132. The van der Waals surface area contributed by atoms with Gasteiger partial charge in [0, 0.05) is 55.9 Å². The number of carbonyl (C=O) groups is 1. The smallest absolute Gasteiger partial charge is 0.224 e. The molecule has 3 aromatic rings. The molecule has 0 spiro atoms. The lowest BCUT2D eigenvalue weighted by Crippen LogP contribution is -2.39. The molecule has 1 aliphatic heterocycles. The van der Waals surface area contributed by atoms with Gasteiger partial charge in [0.05, 0.1) is 18.0 Å². The minimum atomic E-state index is 0.132. The quantitative estimate of drug-likeness (QED) is 0.439. The molecule has 7 heteroatoms. The van der Waals surface area contributed by atoms with Gasteiger partial charge in [0.2, 0.25) is 11.8 Å². The predicted molar refractivity (Wildman–Crippen MR) is 151 cm³/mol. The van der Waals surface area contributed by atoms with E-state index in [0.29, 0.717) is 12.5 Å². The second-order valence-corrected chi connectivity index (χ2v) is 11.4. The van der Waals surface area contributed by atoms with Gasteiger partial charge in [-0.05, 0) is 87.6 Å². The van der Waals surface area contributed by atoms with Crippen LogP contribution in [-0.4, -0.2) is 57.4 Å². The topological polar surface area (TPSA) is 72.3 Å². The summed E-state index contributed by atoms with van der Waals surface area (Å²) in [6, 6.07) is 10.7. The molecule has 38 heavy (non-hydrogen) atoms. The van der Waals surface area contributed by atoms with Crippen LogP contribution in [0.5, 0.6) is 5.88 Å². The van der Waals surface area contributed by atoms with Crippen LogP contribution in [0.25, 0.3) is 10.9 Å². The number of ether oxygens (including phenoxy) is 1. The van der Waals surface area contributed by atoms with E-state index >= 15 is 0 Å². The normalized spacial score (nSPS) is 21.0. The van der Waals surface area contributed by atoms with E-state index in [2.05, 4.69) is 41.3 Å². The molecule has 1 N–H and O–H groups in total. The monoisotopic (exact) mass is 517 g/mol. The first-order valence-corrected chi connectivity index (χ1v) is 14.5. The van der Waals surface area contributed by atoms with E-state index in [9.17, 15) is 4.79 Å². The van der Waals surface area contributed by atoms with Crippen molar-refractivity contribution < 1.29 is 9.53 Å². The second kappa shape index (κ2) is 12.3. The first kappa shape index (κ1) is 26.7. The Bertz CT molecular complexity index is 1230. The van der Waals surface area contributed by atoms with Crippen LogP contribution in [0.15, 0.2) is 36.5 Å². The molecular formula is C31H43N5O2. The van der Waals surface area contributed by atoms with Crippen molar-refractivity contribution in [2.75, 3.05) is 19.6 Å². The van der Waals surface area contributed by atoms with E-state index < -0.39 is 0 Å². The van der Waals surface area contributed by atoms with Gasteiger partial charge in [0.1, 0.15) is 0 Å². The molecule has 7 nitrogen and oxygen atoms in total. The lowest BCUT2D eigenvalue weighted by atomic mass is 9.84. The van der Waals surface area contributed by atoms with E-state index in [1.807, 2.05) is 36.1 Å². The number of nitrogens with zero attached hydrogens (tertiary/aromatic N) is 4. The number of hydrogen-bond acceptors (Lipinski definition) is 5. The lowest BCUT2D eigenvalue weighted by molar-refractivity contribution is -0.121. The summed E-state index contributed by atoms with van der Waals surface area (Å²) in [6.07, 6.45) is 11.5. The number of hydrogen-bond donors (Lipinski definition) is 1. The van der Waals surface area contributed by atoms with Crippen LogP contribution in [0.3, 0.4) is 0 Å². The Hall–Kier alpha value is -2.93. The van der Waals surface area contributed by atoms with Crippen molar-refractivity contribution in [3.05, 3.63) is 53.3 Å². The molecule has 1 atom stereocenters. The van der Waals surface area contributed by atoms with E-state index in [4.69, 9.17) is 9.72 Å². The van der Waals surface area contributed by atoms with Crippen LogP contribution in [-0.2, 0) is 31.1 Å². The molecule has 5 rings (SSSR count). The van der Waals surface area contributed by atoms with Gasteiger partial charge in [-0.25, -0.2) is 4.98 Å². The van der Waals surface area contributed by atoms with Gasteiger partial charge < -0.3 is 15.0 Å². The number of benzene rings is 1. The zero-order valence-corrected chi connectivity index (χ0v) is 23.3. The molecule has 2 aromatic heterocycles. The summed E-state index contributed by atoms with van der Waals surface area (Å²) < 4.78 is 7.76. The highest BCUT2D eigenvalue weighted by Gasteiger charge is 2.24. The number of carbonyl (C=O) groups excluding carboxylic acids is 1. The summed E-state index contributed by atoms with van der Waals surface area (Å²) in [5.74, 6) is 1.66. The van der Waals surface area contributed by atoms with Crippen molar-refractivity contribution in [1.29, 1.82) is 0 Å². The molecule has 1 fully saturated rings. The number of aromatic nitrogens is 3. The number of rotatable bonds is 9. The summed E-state index contributed by atoms with van der Waals surface area (Å²) in [7, 11) is 1.92. The van der Waals surface area contributed by atoms with E-state index in [0.717, 1.165) is 80.0 Å². The zero-order chi connectivity index (χ0) is 26.5. The SMILES string of the molecule is CCC(C)Oc1ccc2c(n1)CCN(CCC1CCC(NC(=O)Cc3ccc4nn(C)cc4c3)CC1)CC2. The average Bonchev–Trinajstić information content (AvgIpc) is 3.16. The van der Waals surface area contributed by atoms with Crippen LogP contribution in [0.1, 0.15) is 69.2 Å². The van der Waals surface area contributed by atoms with Crippen molar-refractivity contribution in [3.63, 3.8) is 0 Å². The summed E-state index contributed by atoms with van der Waals surface area (Å²) in [4.78, 5) is 20.1. The third-order valence-corrected chi connectivity index (χ3v) is 8.42. The molecule has 3 heterocycles. The third-order valence-electron chi connectivity index (χ3n) is 8.42. The number of pyridine rings is 1. The molecule has 204 valence electrons. The third kappa shape index (κ3) is 6.93. The highest BCUT2D eigenvalue weighted by molar-refractivity contribution is 5.83. The Labute approximate surface area is 227 Å². The number of fused-ring (bicyclic) bond motifs is 2. The maximum absolute atomic E-state index is 12.7. The first-order valence-electron chi connectivity index (χ1n) is 14.5. The first-order chi connectivity index (χ1) is 18.4. The summed E-state index contributed by atoms with van der Waals surface area (Å²) in [5.41, 5.74) is 4.61. The van der Waals surface area contributed by atoms with Gasteiger partial charge in [-0.15, -0.1) is 0 Å². The van der Waals surface area contributed by atoms with Gasteiger partial charge in [-0.1, -0.05) is 19.1 Å². The number of nitrogens with one attached hydrogen (secondary N) is 1. The van der Waals surface area contributed by atoms with E-state index in [-0.39, 0.29) is 12.0 Å². The maximum Gasteiger partial charge on any atom is 0.224 e. The molecular weight excluding hydrogens is 474 g/mol. The fourth-order valence-corrected chi connectivity index (χ4v) is 5.92. The highest BCUT2D eigenvalue weighted by Crippen LogP contribution is 2.28. The maximum atomic E-state index is 12.7. The van der Waals surface area contributed by atoms with Crippen molar-refractivity contribution >= 4 is 16.8 Å². The van der Waals surface area contributed by atoms with Crippen LogP contribution in [0, 0.1) is 5.92 Å². The molecule has 1 saturated carbocycles. The summed E-state index contributed by atoms with van der Waals surface area (Å²) >= 11 is 0. The summed E-state index contributed by atoms with van der Waals surface area (Å²) in [6.45, 7) is 7.57. The second-order valence-electron chi connectivity index (χ2n) is 11.4. The molecule has 1 aliphatic carbocycles. The van der Waals surface area contributed by atoms with E-state index in [1.54, 1.807) is 0 Å². The predicted octanol–water partition coefficient (Wildman–Crippen LogP) is 4.85. The largest absolute Gasteiger partial charge is 0.475 e. The fourth-order valence-electron chi connectivity index (χ4n) is 5.92.